The van der Waals surface area contributed by atoms with Crippen molar-refractivity contribution < 1.29 is 0 Å². The van der Waals surface area contributed by atoms with Crippen LogP contribution in [0.15, 0.2) is 24.3 Å². The van der Waals surface area contributed by atoms with E-state index in [-0.39, 0.29) is 0 Å². The van der Waals surface area contributed by atoms with E-state index in [9.17, 15) is 0 Å². The third-order valence-corrected chi connectivity index (χ3v) is 3.32. The Morgan fingerprint density at radius 2 is 1.67 bits per heavy atom. The van der Waals surface area contributed by atoms with Crippen molar-refractivity contribution in [2.45, 2.75) is 18.8 Å². The largest absolute Gasteiger partial charge is 0.384 e. The highest BCUT2D eigenvalue weighted by Gasteiger charge is 2.26. The van der Waals surface area contributed by atoms with Crippen LogP contribution in [0.25, 0.3) is 11.4 Å². The SMILES string of the molecule is Nc1cc(C2CC2)nc(-c2cc(Cl)cc(Cl)c2)n1. The second-order valence-electron chi connectivity index (χ2n) is 4.47. The maximum absolute atomic E-state index is 5.98. The van der Waals surface area contributed by atoms with Crippen LogP contribution in [0.1, 0.15) is 24.5 Å². The molecule has 3 rings (SSSR count). The number of hydrogen-bond acceptors (Lipinski definition) is 3. The molecule has 0 amide bonds. The third-order valence-electron chi connectivity index (χ3n) is 2.88. The Hall–Kier alpha value is -1.32. The quantitative estimate of drug-likeness (QED) is 0.907. The first-order chi connectivity index (χ1) is 8.61. The molecule has 1 saturated carbocycles. The van der Waals surface area contributed by atoms with E-state index < -0.39 is 0 Å². The molecule has 2 N–H and O–H groups in total. The first kappa shape index (κ1) is 11.8. The lowest BCUT2D eigenvalue weighted by Gasteiger charge is -2.06. The molecule has 92 valence electrons. The molecule has 1 aromatic heterocycles. The van der Waals surface area contributed by atoms with Crippen LogP contribution in [0.4, 0.5) is 5.82 Å². The zero-order chi connectivity index (χ0) is 12.7. The predicted molar refractivity (Wildman–Crippen MR) is 73.9 cm³/mol. The lowest BCUT2D eigenvalue weighted by Crippen LogP contribution is -1.99. The molecule has 5 heteroatoms. The van der Waals surface area contributed by atoms with Crippen LogP contribution in [0, 0.1) is 0 Å². The second kappa shape index (κ2) is 4.41. The van der Waals surface area contributed by atoms with E-state index in [1.807, 2.05) is 6.07 Å². The molecular formula is C13H11Cl2N3. The van der Waals surface area contributed by atoms with Crippen molar-refractivity contribution in [1.29, 1.82) is 0 Å². The first-order valence-corrected chi connectivity index (χ1v) is 6.48. The average Bonchev–Trinajstić information content (AvgIpc) is 3.10. The van der Waals surface area contributed by atoms with Gasteiger partial charge in [-0.05, 0) is 31.0 Å². The van der Waals surface area contributed by atoms with Crippen LogP contribution in [0.3, 0.4) is 0 Å². The summed E-state index contributed by atoms with van der Waals surface area (Å²) in [5.41, 5.74) is 7.62. The van der Waals surface area contributed by atoms with Gasteiger partial charge in [0.25, 0.3) is 0 Å². The number of nitrogens with two attached hydrogens (primary N) is 1. The highest BCUT2D eigenvalue weighted by Crippen LogP contribution is 2.40. The molecule has 0 aliphatic heterocycles. The fraction of sp³-hybridized carbons (Fsp3) is 0.231. The molecule has 1 heterocycles. The molecule has 2 aromatic rings. The fourth-order valence-electron chi connectivity index (χ4n) is 1.89. The minimum atomic E-state index is 0.484. The summed E-state index contributed by atoms with van der Waals surface area (Å²) in [7, 11) is 0. The molecule has 0 atom stereocenters. The number of aromatic nitrogens is 2. The second-order valence-corrected chi connectivity index (χ2v) is 5.35. The Labute approximate surface area is 115 Å². The van der Waals surface area contributed by atoms with Gasteiger partial charge in [0.05, 0.1) is 0 Å². The van der Waals surface area contributed by atoms with Crippen molar-refractivity contribution in [3.8, 4) is 11.4 Å². The molecule has 1 fully saturated rings. The first-order valence-electron chi connectivity index (χ1n) is 5.73. The molecule has 18 heavy (non-hydrogen) atoms. The van der Waals surface area contributed by atoms with Gasteiger partial charge in [-0.15, -0.1) is 0 Å². The van der Waals surface area contributed by atoms with E-state index in [0.29, 0.717) is 27.6 Å². The van der Waals surface area contributed by atoms with Crippen molar-refractivity contribution in [2.75, 3.05) is 5.73 Å². The zero-order valence-corrected chi connectivity index (χ0v) is 11.0. The van der Waals surface area contributed by atoms with Crippen molar-refractivity contribution >= 4 is 29.0 Å². The third kappa shape index (κ3) is 2.42. The summed E-state index contributed by atoms with van der Waals surface area (Å²) in [5, 5.41) is 1.13. The molecule has 0 spiro atoms. The number of anilines is 1. The Bertz CT molecular complexity index is 589. The smallest absolute Gasteiger partial charge is 0.161 e. The minimum Gasteiger partial charge on any atom is -0.384 e. The average molecular weight is 280 g/mol. The predicted octanol–water partition coefficient (Wildman–Crippen LogP) is 3.91. The van der Waals surface area contributed by atoms with Crippen molar-refractivity contribution in [1.82, 2.24) is 9.97 Å². The summed E-state index contributed by atoms with van der Waals surface area (Å²) in [4.78, 5) is 8.79. The van der Waals surface area contributed by atoms with E-state index in [1.165, 1.54) is 12.8 Å². The number of nitrogens with zero attached hydrogens (tertiary/aromatic N) is 2. The topological polar surface area (TPSA) is 51.8 Å². The van der Waals surface area contributed by atoms with Crippen LogP contribution >= 0.6 is 23.2 Å². The van der Waals surface area contributed by atoms with Crippen molar-refractivity contribution in [3.63, 3.8) is 0 Å². The summed E-state index contributed by atoms with van der Waals surface area (Å²) in [6.45, 7) is 0. The van der Waals surface area contributed by atoms with Crippen LogP contribution < -0.4 is 5.73 Å². The summed E-state index contributed by atoms with van der Waals surface area (Å²) >= 11 is 12.0. The van der Waals surface area contributed by atoms with E-state index in [4.69, 9.17) is 28.9 Å². The maximum Gasteiger partial charge on any atom is 0.161 e. The monoisotopic (exact) mass is 279 g/mol. The van der Waals surface area contributed by atoms with E-state index in [0.717, 1.165) is 11.3 Å². The number of hydrogen-bond donors (Lipinski definition) is 1. The number of nitrogen functional groups attached to an aromatic ring is 1. The van der Waals surface area contributed by atoms with Gasteiger partial charge in [0.2, 0.25) is 0 Å². The Morgan fingerprint density at radius 1 is 1.00 bits per heavy atom. The van der Waals surface area contributed by atoms with Crippen molar-refractivity contribution in [3.05, 3.63) is 40.0 Å². The number of benzene rings is 1. The highest BCUT2D eigenvalue weighted by atomic mass is 35.5. The van der Waals surface area contributed by atoms with Gasteiger partial charge in [0.1, 0.15) is 5.82 Å². The van der Waals surface area contributed by atoms with E-state index in [1.54, 1.807) is 18.2 Å². The van der Waals surface area contributed by atoms with Crippen molar-refractivity contribution in [2.24, 2.45) is 0 Å². The van der Waals surface area contributed by atoms with Gasteiger partial charge < -0.3 is 5.73 Å². The van der Waals surface area contributed by atoms with Gasteiger partial charge in [0, 0.05) is 33.3 Å². The lowest BCUT2D eigenvalue weighted by atomic mass is 10.2. The standard InChI is InChI=1S/C13H11Cl2N3/c14-9-3-8(4-10(15)5-9)13-17-11(7-1-2-7)6-12(16)18-13/h3-7H,1-2H2,(H2,16,17,18). The van der Waals surface area contributed by atoms with Crippen LogP contribution in [-0.4, -0.2) is 9.97 Å². The Balaban J connectivity index is 2.09. The summed E-state index contributed by atoms with van der Waals surface area (Å²) in [6.07, 6.45) is 2.35. The molecule has 3 nitrogen and oxygen atoms in total. The van der Waals surface area contributed by atoms with Crippen LogP contribution in [0.5, 0.6) is 0 Å². The summed E-state index contributed by atoms with van der Waals surface area (Å²) in [5.74, 6) is 1.60. The maximum atomic E-state index is 5.98. The highest BCUT2D eigenvalue weighted by molar-refractivity contribution is 6.35. The van der Waals surface area contributed by atoms with Crippen LogP contribution in [0.2, 0.25) is 10.0 Å². The number of rotatable bonds is 2. The molecule has 0 saturated heterocycles. The number of halogens is 2. The molecular weight excluding hydrogens is 269 g/mol. The normalized spacial score (nSPS) is 14.8. The molecule has 1 aliphatic rings. The minimum absolute atomic E-state index is 0.484. The van der Waals surface area contributed by atoms with E-state index in [2.05, 4.69) is 9.97 Å². The molecule has 0 bridgehead atoms. The van der Waals surface area contributed by atoms with E-state index >= 15 is 0 Å². The molecule has 0 unspecified atom stereocenters. The Morgan fingerprint density at radius 3 is 2.28 bits per heavy atom. The molecule has 1 aliphatic carbocycles. The fourth-order valence-corrected chi connectivity index (χ4v) is 2.41. The van der Waals surface area contributed by atoms with Gasteiger partial charge in [-0.3, -0.25) is 0 Å². The van der Waals surface area contributed by atoms with Crippen LogP contribution in [-0.2, 0) is 0 Å². The molecule has 1 aromatic carbocycles. The van der Waals surface area contributed by atoms with Gasteiger partial charge in [-0.1, -0.05) is 23.2 Å². The molecule has 0 radical (unpaired) electrons. The summed E-state index contributed by atoms with van der Waals surface area (Å²) in [6, 6.07) is 7.10. The zero-order valence-electron chi connectivity index (χ0n) is 9.53. The van der Waals surface area contributed by atoms with Gasteiger partial charge >= 0.3 is 0 Å². The van der Waals surface area contributed by atoms with Gasteiger partial charge in [0.15, 0.2) is 5.82 Å². The van der Waals surface area contributed by atoms with Gasteiger partial charge in [-0.2, -0.15) is 0 Å². The Kier molecular flexibility index (Phi) is 2.88. The summed E-state index contributed by atoms with van der Waals surface area (Å²) < 4.78 is 0. The van der Waals surface area contributed by atoms with Gasteiger partial charge in [-0.25, -0.2) is 9.97 Å². The lowest BCUT2D eigenvalue weighted by molar-refractivity contribution is 0.998.